The van der Waals surface area contributed by atoms with Gasteiger partial charge in [0.2, 0.25) is 0 Å². The fourth-order valence-corrected chi connectivity index (χ4v) is 0. The van der Waals surface area contributed by atoms with E-state index in [2.05, 4.69) is 0 Å². The minimum atomic E-state index is -5.39. The first-order valence-corrected chi connectivity index (χ1v) is 4.38. The molecule has 0 aromatic rings. The molecule has 21 heavy (non-hydrogen) atoms. The smallest absolute Gasteiger partial charge is 0.822 e. The Morgan fingerprint density at radius 1 is 0.381 bits per heavy atom. The molecule has 0 bridgehead atoms. The molecule has 0 heterocycles. The third-order valence-electron chi connectivity index (χ3n) is 0. The molecule has 21 heteroatoms. The van der Waals surface area contributed by atoms with Gasteiger partial charge in [-0.3, -0.25) is 0 Å². The Hall–Kier alpha value is 0.820. The molecule has 0 saturated carbocycles. The van der Waals surface area contributed by atoms with Crippen LogP contribution < -0.4 is 58.9 Å². The molecule has 0 aliphatic carbocycles. The number of phosphoric acid groups is 2. The average Bonchev–Trinajstić information content (AvgIpc) is 1.12. The molecule has 0 unspecified atom stereocenters. The Bertz CT molecular complexity index is 128. The second-order valence-electron chi connectivity index (χ2n) is 0.894. The summed E-state index contributed by atoms with van der Waals surface area (Å²) in [6.45, 7) is 0. The van der Waals surface area contributed by atoms with Crippen molar-refractivity contribution in [2.75, 3.05) is 0 Å². The molecule has 0 fully saturated rings. The van der Waals surface area contributed by atoms with Crippen molar-refractivity contribution in [3.8, 4) is 0 Å². The molecule has 0 atom stereocenters. The van der Waals surface area contributed by atoms with E-state index in [9.17, 15) is 0 Å². The molecule has 0 radical (unpaired) electrons. The zero-order valence-electron chi connectivity index (χ0n) is 10.2. The predicted molar refractivity (Wildman–Crippen MR) is 51.4 cm³/mol. The topological polar surface area (TPSA) is 488 Å². The molecular formula is H20NaO18P2-5. The van der Waals surface area contributed by atoms with E-state index in [0.29, 0.717) is 0 Å². The summed E-state index contributed by atoms with van der Waals surface area (Å²) in [6, 6.07) is 0. The van der Waals surface area contributed by atoms with E-state index in [4.69, 9.17) is 38.5 Å². The number of rotatable bonds is 0. The number of hydrogen-bond acceptors (Lipinski definition) is 8. The molecular weight excluding hydrogens is 373 g/mol. The first kappa shape index (κ1) is 122. The molecule has 18 nitrogen and oxygen atoms in total. The molecule has 0 saturated heterocycles. The van der Waals surface area contributed by atoms with Crippen LogP contribution in [0.3, 0.4) is 0 Å². The van der Waals surface area contributed by atoms with Gasteiger partial charge in [-0.15, -0.1) is 0 Å². The van der Waals surface area contributed by atoms with Crippen LogP contribution in [0.1, 0.15) is 0 Å². The predicted octanol–water partition coefficient (Wildman–Crippen LogP) is -16.9. The van der Waals surface area contributed by atoms with Gasteiger partial charge in [-0.05, 0) is 0 Å². The van der Waals surface area contributed by atoms with Gasteiger partial charge in [-0.2, -0.15) is 15.6 Å². The van der Waals surface area contributed by atoms with Crippen molar-refractivity contribution >= 4 is 15.6 Å². The van der Waals surface area contributed by atoms with Gasteiger partial charge in [0.25, 0.3) is 0 Å². The zero-order chi connectivity index (χ0) is 9.00. The van der Waals surface area contributed by atoms with Crippen molar-refractivity contribution in [3.63, 3.8) is 0 Å². The molecule has 0 aliphatic heterocycles. The summed E-state index contributed by atoms with van der Waals surface area (Å²) in [7, 11) is -10.8. The van der Waals surface area contributed by atoms with Crippen LogP contribution in [-0.4, -0.2) is 54.8 Å². The van der Waals surface area contributed by atoms with Crippen molar-refractivity contribution in [2.45, 2.75) is 0 Å². The van der Waals surface area contributed by atoms with Crippen LogP contribution >= 0.6 is 15.6 Å². The first-order valence-electron chi connectivity index (χ1n) is 1.46. The van der Waals surface area contributed by atoms with Gasteiger partial charge in [0.1, 0.15) is 0 Å². The van der Waals surface area contributed by atoms with Gasteiger partial charge in [-0.25, -0.2) is 0 Å². The largest absolute Gasteiger partial charge is 1.00 e. The first-order chi connectivity index (χ1) is 4.00. The molecule has 0 aliphatic rings. The van der Waals surface area contributed by atoms with Crippen LogP contribution in [-0.2, 0) is 9.13 Å². The maximum atomic E-state index is 8.55. The fourth-order valence-electron chi connectivity index (χ4n) is 0. The van der Waals surface area contributed by atoms with E-state index in [1.807, 2.05) is 0 Å². The summed E-state index contributed by atoms with van der Waals surface area (Å²) in [5.74, 6) is 0. The Morgan fingerprint density at radius 3 is 0.381 bits per heavy atom. The van der Waals surface area contributed by atoms with Gasteiger partial charge < -0.3 is 93.3 Å². The average molecular weight is 393 g/mol. The van der Waals surface area contributed by atoms with Crippen molar-refractivity contribution in [1.29, 1.82) is 0 Å². The SMILES string of the molecule is O.O.O.O.O.O.O.O.O.O.O=P([O-])([O-])[O-].O=P([O-])([O-])[O-].[Na+]. The Balaban J connectivity index is -0.00000000364. The van der Waals surface area contributed by atoms with Gasteiger partial charge in [0, 0.05) is 0 Å². The summed E-state index contributed by atoms with van der Waals surface area (Å²) in [5, 5.41) is 0. The van der Waals surface area contributed by atoms with Crippen LogP contribution in [0.2, 0.25) is 0 Å². The van der Waals surface area contributed by atoms with E-state index < -0.39 is 15.6 Å². The zero-order valence-corrected chi connectivity index (χ0v) is 13.9. The second kappa shape index (κ2) is 49.8. The van der Waals surface area contributed by atoms with Crippen molar-refractivity contribution in [3.05, 3.63) is 0 Å². The van der Waals surface area contributed by atoms with Crippen LogP contribution in [0.5, 0.6) is 0 Å². The fraction of sp³-hybridized carbons (Fsp3) is 0. The van der Waals surface area contributed by atoms with Gasteiger partial charge in [0.05, 0.1) is 0 Å². The Morgan fingerprint density at radius 2 is 0.381 bits per heavy atom. The van der Waals surface area contributed by atoms with Crippen LogP contribution in [0.15, 0.2) is 0 Å². The summed E-state index contributed by atoms with van der Waals surface area (Å²) in [6.07, 6.45) is 0. The van der Waals surface area contributed by atoms with Gasteiger partial charge >= 0.3 is 29.6 Å². The maximum Gasteiger partial charge on any atom is 1.00 e. The summed E-state index contributed by atoms with van der Waals surface area (Å²) < 4.78 is 17.1. The van der Waals surface area contributed by atoms with E-state index in [0.717, 1.165) is 0 Å². The van der Waals surface area contributed by atoms with Crippen LogP contribution in [0.25, 0.3) is 0 Å². The molecule has 0 rings (SSSR count). The quantitative estimate of drug-likeness (QED) is 0.280. The van der Waals surface area contributed by atoms with Gasteiger partial charge in [0.15, 0.2) is 0 Å². The normalized spacial score (nSPS) is 5.62. The third kappa shape index (κ3) is 11000. The molecule has 0 amide bonds. The summed E-state index contributed by atoms with van der Waals surface area (Å²) in [4.78, 5) is 51.3. The monoisotopic (exact) mass is 393 g/mol. The summed E-state index contributed by atoms with van der Waals surface area (Å²) in [5.41, 5.74) is 0. The molecule has 0 aromatic heterocycles. The number of hydrogen-bond donors (Lipinski definition) is 0. The van der Waals surface area contributed by atoms with Gasteiger partial charge in [-0.1, -0.05) is 0 Å². The molecule has 144 valence electrons. The van der Waals surface area contributed by atoms with E-state index in [-0.39, 0.29) is 84.3 Å². The van der Waals surface area contributed by atoms with Crippen molar-refractivity contribution < 1.29 is 123 Å². The molecule has 20 N–H and O–H groups in total. The van der Waals surface area contributed by atoms with E-state index in [1.165, 1.54) is 0 Å². The third-order valence-corrected chi connectivity index (χ3v) is 0. The molecule has 0 spiro atoms. The van der Waals surface area contributed by atoms with E-state index >= 15 is 0 Å². The maximum absolute atomic E-state index is 8.55. The van der Waals surface area contributed by atoms with Crippen molar-refractivity contribution in [2.24, 2.45) is 0 Å². The minimum Gasteiger partial charge on any atom is -0.822 e. The Kier molecular flexibility index (Phi) is 288. The van der Waals surface area contributed by atoms with Crippen LogP contribution in [0, 0.1) is 0 Å². The second-order valence-corrected chi connectivity index (χ2v) is 2.68. The Labute approximate surface area is 138 Å². The van der Waals surface area contributed by atoms with E-state index in [1.54, 1.807) is 0 Å². The standard InChI is InChI=1S/Na.2H3O4P.10H2O/c;2*1-5(2,3)4;;;;;;;;;;/h;2*(H3,1,2,3,4);10*1H2/q+1;;;;;;;;;;;;/p-6. The van der Waals surface area contributed by atoms with Crippen molar-refractivity contribution in [1.82, 2.24) is 0 Å². The minimum absolute atomic E-state index is 0. The molecule has 0 aromatic carbocycles. The van der Waals surface area contributed by atoms with Crippen LogP contribution in [0.4, 0.5) is 0 Å². The summed E-state index contributed by atoms with van der Waals surface area (Å²) >= 11 is 0.